The Labute approximate surface area is 141 Å². The van der Waals surface area contributed by atoms with Gasteiger partial charge in [0.15, 0.2) is 21.3 Å². The molecule has 2 fully saturated rings. The maximum Gasteiger partial charge on any atom is 0.271 e. The van der Waals surface area contributed by atoms with Gasteiger partial charge in [0, 0.05) is 26.2 Å². The third-order valence-electron chi connectivity index (χ3n) is 4.51. The van der Waals surface area contributed by atoms with Gasteiger partial charge in [-0.25, -0.2) is 8.42 Å². The van der Waals surface area contributed by atoms with E-state index in [1.54, 1.807) is 19.2 Å². The first-order valence-electron chi connectivity index (χ1n) is 8.11. The molecule has 1 aromatic rings. The molecule has 0 radical (unpaired) electrons. The number of amides is 1. The van der Waals surface area contributed by atoms with Crippen molar-refractivity contribution in [1.29, 1.82) is 0 Å². The molecule has 0 spiro atoms. The summed E-state index contributed by atoms with van der Waals surface area (Å²) in [6, 6.07) is 3.20. The molecule has 3 rings (SSSR count). The fraction of sp³-hybridized carbons (Fsp3) is 0.667. The third kappa shape index (κ3) is 4.02. The maximum atomic E-state index is 12.1. The topological polar surface area (TPSA) is 101 Å². The number of nitrogens with zero attached hydrogens (tertiary/aromatic N) is 3. The SMILES string of the molecule is CN(c1ccc(C(=O)NCC2CCCO2)nn1)C1CCS(=O)(=O)C1. The first-order chi connectivity index (χ1) is 11.4. The molecule has 2 aliphatic heterocycles. The number of nitrogens with one attached hydrogen (secondary N) is 1. The van der Waals surface area contributed by atoms with Gasteiger partial charge in [0.25, 0.3) is 5.91 Å². The minimum atomic E-state index is -2.95. The summed E-state index contributed by atoms with van der Waals surface area (Å²) in [5.41, 5.74) is 0.240. The number of hydrogen-bond donors (Lipinski definition) is 1. The van der Waals surface area contributed by atoms with E-state index in [9.17, 15) is 13.2 Å². The predicted molar refractivity (Wildman–Crippen MR) is 88.8 cm³/mol. The number of ether oxygens (including phenoxy) is 1. The second-order valence-corrected chi connectivity index (χ2v) is 8.52. The lowest BCUT2D eigenvalue weighted by Crippen LogP contribution is -2.34. The number of anilines is 1. The molecule has 0 aromatic carbocycles. The molecule has 0 aliphatic carbocycles. The fourth-order valence-electron chi connectivity index (χ4n) is 3.00. The molecule has 24 heavy (non-hydrogen) atoms. The average molecular weight is 354 g/mol. The number of aromatic nitrogens is 2. The first kappa shape index (κ1) is 17.1. The monoisotopic (exact) mass is 354 g/mol. The van der Waals surface area contributed by atoms with Crippen molar-refractivity contribution >= 4 is 21.6 Å². The Kier molecular flexibility index (Phi) is 5.00. The van der Waals surface area contributed by atoms with Crippen molar-refractivity contribution in [2.75, 3.05) is 36.6 Å². The second-order valence-electron chi connectivity index (χ2n) is 6.29. The lowest BCUT2D eigenvalue weighted by molar-refractivity contribution is 0.0853. The van der Waals surface area contributed by atoms with Crippen LogP contribution < -0.4 is 10.2 Å². The molecule has 2 aliphatic rings. The van der Waals surface area contributed by atoms with Crippen LogP contribution in [0.3, 0.4) is 0 Å². The zero-order valence-corrected chi connectivity index (χ0v) is 14.5. The van der Waals surface area contributed by atoms with Crippen molar-refractivity contribution in [3.63, 3.8) is 0 Å². The molecule has 9 heteroatoms. The van der Waals surface area contributed by atoms with Crippen LogP contribution in [0.5, 0.6) is 0 Å². The maximum absolute atomic E-state index is 12.1. The van der Waals surface area contributed by atoms with E-state index in [1.165, 1.54) is 0 Å². The molecule has 0 saturated carbocycles. The molecule has 0 bridgehead atoms. The van der Waals surface area contributed by atoms with Gasteiger partial charge in [-0.2, -0.15) is 0 Å². The van der Waals surface area contributed by atoms with Gasteiger partial charge >= 0.3 is 0 Å². The summed E-state index contributed by atoms with van der Waals surface area (Å²) in [5, 5.41) is 10.8. The Balaban J connectivity index is 1.57. The summed E-state index contributed by atoms with van der Waals surface area (Å²) in [6.45, 7) is 1.22. The summed E-state index contributed by atoms with van der Waals surface area (Å²) in [4.78, 5) is 13.9. The van der Waals surface area contributed by atoms with Crippen molar-refractivity contribution in [1.82, 2.24) is 15.5 Å². The number of hydrogen-bond acceptors (Lipinski definition) is 7. The van der Waals surface area contributed by atoms with Gasteiger partial charge in [0.2, 0.25) is 0 Å². The quantitative estimate of drug-likeness (QED) is 0.794. The van der Waals surface area contributed by atoms with E-state index >= 15 is 0 Å². The molecule has 1 aromatic heterocycles. The van der Waals surface area contributed by atoms with E-state index in [2.05, 4.69) is 15.5 Å². The van der Waals surface area contributed by atoms with Crippen LogP contribution in [0.25, 0.3) is 0 Å². The van der Waals surface area contributed by atoms with E-state index in [0.717, 1.165) is 19.4 Å². The molecule has 2 atom stereocenters. The molecule has 1 N–H and O–H groups in total. The third-order valence-corrected chi connectivity index (χ3v) is 6.27. The summed E-state index contributed by atoms with van der Waals surface area (Å²) >= 11 is 0. The van der Waals surface area contributed by atoms with Crippen LogP contribution in [0.15, 0.2) is 12.1 Å². The number of carbonyl (C=O) groups excluding carboxylic acids is 1. The number of carbonyl (C=O) groups is 1. The van der Waals surface area contributed by atoms with Gasteiger partial charge in [-0.1, -0.05) is 0 Å². The van der Waals surface area contributed by atoms with Crippen molar-refractivity contribution < 1.29 is 17.9 Å². The normalized spacial score (nSPS) is 25.5. The Bertz CT molecular complexity index is 686. The molecule has 1 amide bonds. The lowest BCUT2D eigenvalue weighted by Gasteiger charge is -2.23. The van der Waals surface area contributed by atoms with Gasteiger partial charge in [0.1, 0.15) is 0 Å². The summed E-state index contributed by atoms with van der Waals surface area (Å²) in [5.74, 6) is 0.622. The minimum absolute atomic E-state index is 0.0802. The highest BCUT2D eigenvalue weighted by Crippen LogP contribution is 2.20. The molecule has 2 unspecified atom stereocenters. The van der Waals surface area contributed by atoms with Gasteiger partial charge in [-0.05, 0) is 31.4 Å². The van der Waals surface area contributed by atoms with Crippen LogP contribution >= 0.6 is 0 Å². The highest BCUT2D eigenvalue weighted by molar-refractivity contribution is 7.91. The lowest BCUT2D eigenvalue weighted by atomic mass is 10.2. The standard InChI is InChI=1S/C15H22N4O4S/c1-19(11-6-8-24(21,22)10-11)14-5-4-13(17-18-14)15(20)16-9-12-3-2-7-23-12/h4-5,11-12H,2-3,6-10H2,1H3,(H,16,20). The highest BCUT2D eigenvalue weighted by atomic mass is 32.2. The van der Waals surface area contributed by atoms with E-state index in [4.69, 9.17) is 4.74 Å². The second kappa shape index (κ2) is 7.02. The van der Waals surface area contributed by atoms with Gasteiger partial charge in [-0.15, -0.1) is 10.2 Å². The van der Waals surface area contributed by atoms with Crippen LogP contribution in [0.1, 0.15) is 29.8 Å². The molecule has 132 valence electrons. The van der Waals surface area contributed by atoms with Gasteiger partial charge in [0.05, 0.1) is 17.6 Å². The predicted octanol–water partition coefficient (Wildman–Crippen LogP) is 0.00870. The first-order valence-corrected chi connectivity index (χ1v) is 9.93. The van der Waals surface area contributed by atoms with Crippen LogP contribution in [-0.4, -0.2) is 68.4 Å². The number of sulfone groups is 1. The van der Waals surface area contributed by atoms with Crippen molar-refractivity contribution in [3.8, 4) is 0 Å². The van der Waals surface area contributed by atoms with E-state index in [0.29, 0.717) is 18.8 Å². The summed E-state index contributed by atoms with van der Waals surface area (Å²) in [7, 11) is -1.15. The van der Waals surface area contributed by atoms with Gasteiger partial charge in [-0.3, -0.25) is 4.79 Å². The molecular formula is C15H22N4O4S. The van der Waals surface area contributed by atoms with E-state index in [1.807, 2.05) is 4.90 Å². The molecular weight excluding hydrogens is 332 g/mol. The minimum Gasteiger partial charge on any atom is -0.376 e. The Morgan fingerprint density at radius 2 is 2.21 bits per heavy atom. The zero-order chi connectivity index (χ0) is 17.2. The average Bonchev–Trinajstić information content (AvgIpc) is 3.21. The van der Waals surface area contributed by atoms with Crippen LogP contribution in [0, 0.1) is 0 Å². The summed E-state index contributed by atoms with van der Waals surface area (Å²) in [6.07, 6.45) is 2.65. The van der Waals surface area contributed by atoms with E-state index < -0.39 is 9.84 Å². The zero-order valence-electron chi connectivity index (χ0n) is 13.6. The van der Waals surface area contributed by atoms with Crippen LogP contribution in [-0.2, 0) is 14.6 Å². The molecule has 3 heterocycles. The van der Waals surface area contributed by atoms with Crippen molar-refractivity contribution in [3.05, 3.63) is 17.8 Å². The molecule has 2 saturated heterocycles. The van der Waals surface area contributed by atoms with Crippen LogP contribution in [0.2, 0.25) is 0 Å². The van der Waals surface area contributed by atoms with Gasteiger partial charge < -0.3 is 15.0 Å². The Morgan fingerprint density at radius 3 is 2.79 bits per heavy atom. The smallest absolute Gasteiger partial charge is 0.271 e. The van der Waals surface area contributed by atoms with Crippen LogP contribution in [0.4, 0.5) is 5.82 Å². The van der Waals surface area contributed by atoms with Crippen molar-refractivity contribution in [2.45, 2.75) is 31.4 Å². The Morgan fingerprint density at radius 1 is 1.38 bits per heavy atom. The Hall–Kier alpha value is -1.74. The largest absolute Gasteiger partial charge is 0.376 e. The summed E-state index contributed by atoms with van der Waals surface area (Å²) < 4.78 is 28.6. The number of rotatable bonds is 5. The van der Waals surface area contributed by atoms with Crippen molar-refractivity contribution in [2.24, 2.45) is 0 Å². The van der Waals surface area contributed by atoms with E-state index in [-0.39, 0.29) is 35.3 Å². The molecule has 8 nitrogen and oxygen atoms in total. The highest BCUT2D eigenvalue weighted by Gasteiger charge is 2.31. The fourth-order valence-corrected chi connectivity index (χ4v) is 4.78.